The molecule has 8 heteroatoms. The number of rotatable bonds is 5. The second kappa shape index (κ2) is 9.35. The Balaban J connectivity index is 1.44. The highest BCUT2D eigenvalue weighted by atomic mass is 19.1. The van der Waals surface area contributed by atoms with Crippen LogP contribution in [-0.4, -0.2) is 49.1 Å². The summed E-state index contributed by atoms with van der Waals surface area (Å²) in [7, 11) is 1.61. The predicted octanol–water partition coefficient (Wildman–Crippen LogP) is 3.83. The van der Waals surface area contributed by atoms with Crippen LogP contribution in [0, 0.1) is 17.1 Å². The molecule has 0 radical (unpaired) electrons. The van der Waals surface area contributed by atoms with Gasteiger partial charge in [0.15, 0.2) is 0 Å². The molecule has 162 valence electrons. The van der Waals surface area contributed by atoms with Crippen molar-refractivity contribution in [1.29, 1.82) is 5.26 Å². The van der Waals surface area contributed by atoms with Gasteiger partial charge in [0.25, 0.3) is 5.91 Å². The van der Waals surface area contributed by atoms with Crippen LogP contribution in [0.25, 0.3) is 12.2 Å². The fourth-order valence-electron chi connectivity index (χ4n) is 3.49. The summed E-state index contributed by atoms with van der Waals surface area (Å²) in [6, 6.07) is 15.1. The van der Waals surface area contributed by atoms with Gasteiger partial charge in [-0.25, -0.2) is 4.39 Å². The van der Waals surface area contributed by atoms with E-state index in [0.29, 0.717) is 43.5 Å². The van der Waals surface area contributed by atoms with Gasteiger partial charge in [0.1, 0.15) is 17.6 Å². The Bertz CT molecular complexity index is 1170. The molecule has 1 amide bonds. The summed E-state index contributed by atoms with van der Waals surface area (Å²) >= 11 is 0. The van der Waals surface area contributed by atoms with Crippen molar-refractivity contribution in [3.8, 4) is 11.8 Å². The number of hydrogen-bond acceptors (Lipinski definition) is 6. The van der Waals surface area contributed by atoms with Crippen molar-refractivity contribution in [2.45, 2.75) is 0 Å². The standard InChI is InChI=1S/C24H21FN4O3/c1-31-20-4-2-3-17(15-20)5-10-22-27-21(16-26)24(32-22)29-13-11-28(12-14-29)23(30)18-6-8-19(25)9-7-18/h2-10,15H,11-14H2,1H3. The molecule has 0 aliphatic carbocycles. The first-order valence-electron chi connectivity index (χ1n) is 10.1. The van der Waals surface area contributed by atoms with Crippen molar-refractivity contribution in [2.75, 3.05) is 38.2 Å². The molecule has 1 aliphatic rings. The Labute approximate surface area is 185 Å². The lowest BCUT2D eigenvalue weighted by Gasteiger charge is -2.34. The summed E-state index contributed by atoms with van der Waals surface area (Å²) in [5.74, 6) is 0.934. The Morgan fingerprint density at radius 2 is 1.91 bits per heavy atom. The highest BCUT2D eigenvalue weighted by molar-refractivity contribution is 5.94. The van der Waals surface area contributed by atoms with E-state index in [-0.39, 0.29) is 17.4 Å². The molecule has 1 saturated heterocycles. The van der Waals surface area contributed by atoms with E-state index in [1.165, 1.54) is 24.3 Å². The molecule has 7 nitrogen and oxygen atoms in total. The SMILES string of the molecule is COc1cccc(C=Cc2nc(C#N)c(N3CCN(C(=O)c4ccc(F)cc4)CC3)o2)c1. The monoisotopic (exact) mass is 432 g/mol. The van der Waals surface area contributed by atoms with Crippen LogP contribution in [0.4, 0.5) is 10.3 Å². The fraction of sp³-hybridized carbons (Fsp3) is 0.208. The van der Waals surface area contributed by atoms with E-state index in [1.54, 1.807) is 18.1 Å². The quantitative estimate of drug-likeness (QED) is 0.610. The summed E-state index contributed by atoms with van der Waals surface area (Å²) in [5, 5.41) is 9.49. The average Bonchev–Trinajstić information content (AvgIpc) is 3.26. The van der Waals surface area contributed by atoms with Crippen molar-refractivity contribution >= 4 is 23.9 Å². The molecule has 2 heterocycles. The van der Waals surface area contributed by atoms with Crippen LogP contribution in [0.1, 0.15) is 27.5 Å². The first kappa shape index (κ1) is 21.1. The van der Waals surface area contributed by atoms with Crippen molar-refractivity contribution in [3.63, 3.8) is 0 Å². The van der Waals surface area contributed by atoms with E-state index in [1.807, 2.05) is 35.2 Å². The number of anilines is 1. The number of nitrogens with zero attached hydrogens (tertiary/aromatic N) is 4. The van der Waals surface area contributed by atoms with Crippen LogP contribution >= 0.6 is 0 Å². The number of benzene rings is 2. The minimum Gasteiger partial charge on any atom is -0.497 e. The number of carbonyl (C=O) groups is 1. The Hall–Kier alpha value is -4.12. The molecule has 1 fully saturated rings. The second-order valence-corrected chi connectivity index (χ2v) is 7.21. The molecule has 1 aromatic heterocycles. The highest BCUT2D eigenvalue weighted by Gasteiger charge is 2.26. The molecular weight excluding hydrogens is 411 g/mol. The summed E-state index contributed by atoms with van der Waals surface area (Å²) in [4.78, 5) is 20.5. The second-order valence-electron chi connectivity index (χ2n) is 7.21. The molecule has 0 spiro atoms. The van der Waals surface area contributed by atoms with Crippen LogP contribution in [0.2, 0.25) is 0 Å². The molecule has 0 saturated carbocycles. The van der Waals surface area contributed by atoms with Gasteiger partial charge in [-0.2, -0.15) is 10.2 Å². The van der Waals surface area contributed by atoms with Gasteiger partial charge in [0, 0.05) is 37.8 Å². The average molecular weight is 432 g/mol. The largest absolute Gasteiger partial charge is 0.497 e. The number of piperazine rings is 1. The third kappa shape index (κ3) is 4.62. The van der Waals surface area contributed by atoms with Crippen LogP contribution in [0.5, 0.6) is 5.75 Å². The van der Waals surface area contributed by atoms with Crippen LogP contribution in [0.3, 0.4) is 0 Å². The molecule has 0 unspecified atom stereocenters. The number of aromatic nitrogens is 1. The van der Waals surface area contributed by atoms with E-state index < -0.39 is 0 Å². The van der Waals surface area contributed by atoms with E-state index in [4.69, 9.17) is 9.15 Å². The molecule has 1 aliphatic heterocycles. The van der Waals surface area contributed by atoms with Gasteiger partial charge in [-0.3, -0.25) is 4.79 Å². The van der Waals surface area contributed by atoms with Crippen molar-refractivity contribution in [3.05, 3.63) is 77.1 Å². The number of hydrogen-bond donors (Lipinski definition) is 0. The minimum absolute atomic E-state index is 0.148. The number of oxazole rings is 1. The number of ether oxygens (including phenoxy) is 1. The molecule has 3 aromatic rings. The Morgan fingerprint density at radius 1 is 1.16 bits per heavy atom. The lowest BCUT2D eigenvalue weighted by molar-refractivity contribution is 0.0745. The van der Waals surface area contributed by atoms with Gasteiger partial charge in [-0.15, -0.1) is 0 Å². The number of methoxy groups -OCH3 is 1. The van der Waals surface area contributed by atoms with Crippen LogP contribution < -0.4 is 9.64 Å². The smallest absolute Gasteiger partial charge is 0.253 e. The number of nitriles is 1. The first-order chi connectivity index (χ1) is 15.6. The summed E-state index contributed by atoms with van der Waals surface area (Å²) in [6.07, 6.45) is 3.53. The lowest BCUT2D eigenvalue weighted by Crippen LogP contribution is -2.48. The molecule has 32 heavy (non-hydrogen) atoms. The zero-order valence-electron chi connectivity index (χ0n) is 17.5. The zero-order chi connectivity index (χ0) is 22.5. The Kier molecular flexibility index (Phi) is 6.17. The molecule has 0 atom stereocenters. The van der Waals surface area contributed by atoms with Crippen molar-refractivity contribution < 1.29 is 18.3 Å². The normalized spacial score (nSPS) is 13.9. The summed E-state index contributed by atoms with van der Waals surface area (Å²) < 4.78 is 24.2. The Morgan fingerprint density at radius 3 is 2.59 bits per heavy atom. The van der Waals surface area contributed by atoms with Gasteiger partial charge in [-0.1, -0.05) is 12.1 Å². The zero-order valence-corrected chi connectivity index (χ0v) is 17.5. The predicted molar refractivity (Wildman–Crippen MR) is 118 cm³/mol. The van der Waals surface area contributed by atoms with E-state index in [0.717, 1.165) is 11.3 Å². The molecule has 2 aromatic carbocycles. The third-order valence-electron chi connectivity index (χ3n) is 5.19. The van der Waals surface area contributed by atoms with Gasteiger partial charge < -0.3 is 19.0 Å². The molecule has 4 rings (SSSR count). The third-order valence-corrected chi connectivity index (χ3v) is 5.19. The minimum atomic E-state index is -0.378. The van der Waals surface area contributed by atoms with Crippen molar-refractivity contribution in [2.24, 2.45) is 0 Å². The first-order valence-corrected chi connectivity index (χ1v) is 10.1. The van der Waals surface area contributed by atoms with Gasteiger partial charge in [0.2, 0.25) is 17.5 Å². The maximum Gasteiger partial charge on any atom is 0.253 e. The highest BCUT2D eigenvalue weighted by Crippen LogP contribution is 2.25. The maximum absolute atomic E-state index is 13.1. The van der Waals surface area contributed by atoms with Crippen molar-refractivity contribution in [1.82, 2.24) is 9.88 Å². The molecule has 0 N–H and O–H groups in total. The summed E-state index contributed by atoms with van der Waals surface area (Å²) in [6.45, 7) is 1.90. The van der Waals surface area contributed by atoms with E-state index >= 15 is 0 Å². The lowest BCUT2D eigenvalue weighted by atomic mass is 10.2. The fourth-order valence-corrected chi connectivity index (χ4v) is 3.49. The maximum atomic E-state index is 13.1. The van der Waals surface area contributed by atoms with Gasteiger partial charge >= 0.3 is 0 Å². The van der Waals surface area contributed by atoms with E-state index in [9.17, 15) is 14.4 Å². The van der Waals surface area contributed by atoms with Crippen LogP contribution in [-0.2, 0) is 0 Å². The summed E-state index contributed by atoms with van der Waals surface area (Å²) in [5.41, 5.74) is 1.56. The van der Waals surface area contributed by atoms with Gasteiger partial charge in [0.05, 0.1) is 7.11 Å². The van der Waals surface area contributed by atoms with E-state index in [2.05, 4.69) is 11.1 Å². The number of carbonyl (C=O) groups excluding carboxylic acids is 1. The number of halogens is 1. The topological polar surface area (TPSA) is 82.6 Å². The van der Waals surface area contributed by atoms with Crippen LogP contribution in [0.15, 0.2) is 52.9 Å². The molecule has 0 bridgehead atoms. The number of amides is 1. The van der Waals surface area contributed by atoms with Gasteiger partial charge in [-0.05, 0) is 48.0 Å². The molecular formula is C24H21FN4O3.